The number of nitrogens with one attached hydrogen (secondary N) is 2. The van der Waals surface area contributed by atoms with Crippen molar-refractivity contribution in [2.24, 2.45) is 5.92 Å². The molecule has 1 aliphatic heterocycles. The number of ether oxygens (including phenoxy) is 1. The lowest BCUT2D eigenvalue weighted by molar-refractivity contribution is 0.100. The fourth-order valence-corrected chi connectivity index (χ4v) is 3.05. The number of nitrogens with zero attached hydrogens (tertiary/aromatic N) is 3. The number of hydrogen-bond acceptors (Lipinski definition) is 5. The van der Waals surface area contributed by atoms with E-state index in [9.17, 15) is 4.79 Å². The summed E-state index contributed by atoms with van der Waals surface area (Å²) < 4.78 is 5.75. The maximum absolute atomic E-state index is 12.3. The fourth-order valence-electron chi connectivity index (χ4n) is 3.05. The first-order valence-corrected chi connectivity index (χ1v) is 8.68. The van der Waals surface area contributed by atoms with Crippen LogP contribution in [0.4, 0.5) is 10.5 Å². The summed E-state index contributed by atoms with van der Waals surface area (Å²) in [5.41, 5.74) is 1.56. The van der Waals surface area contributed by atoms with Crippen LogP contribution in [0.1, 0.15) is 36.8 Å². The predicted molar refractivity (Wildman–Crippen MR) is 91.9 cm³/mol. The van der Waals surface area contributed by atoms with Crippen molar-refractivity contribution in [3.63, 3.8) is 0 Å². The second-order valence-electron chi connectivity index (χ2n) is 6.61. The van der Waals surface area contributed by atoms with Crippen molar-refractivity contribution in [3.8, 4) is 0 Å². The van der Waals surface area contributed by atoms with Crippen molar-refractivity contribution in [1.82, 2.24) is 20.3 Å². The number of rotatable bonds is 5. The molecule has 3 heterocycles. The molecule has 2 atom stereocenters. The highest BCUT2D eigenvalue weighted by molar-refractivity contribution is 5.89. The first-order valence-electron chi connectivity index (χ1n) is 8.68. The normalized spacial score (nSPS) is 22.6. The number of anilines is 1. The van der Waals surface area contributed by atoms with Gasteiger partial charge in [-0.25, -0.2) is 14.8 Å². The van der Waals surface area contributed by atoms with Crippen LogP contribution >= 0.6 is 0 Å². The van der Waals surface area contributed by atoms with Crippen LogP contribution in [-0.4, -0.2) is 33.6 Å². The Bertz CT molecular complexity index is 718. The minimum Gasteiger partial charge on any atom is -0.371 e. The number of amides is 2. The van der Waals surface area contributed by atoms with Crippen molar-refractivity contribution in [3.05, 3.63) is 48.3 Å². The molecular formula is C18H21N5O2. The molecule has 2 aromatic rings. The van der Waals surface area contributed by atoms with Gasteiger partial charge in [-0.05, 0) is 31.2 Å². The maximum Gasteiger partial charge on any atom is 0.319 e. The summed E-state index contributed by atoms with van der Waals surface area (Å²) in [5, 5.41) is 5.77. The lowest BCUT2D eigenvalue weighted by atomic mass is 10.0. The minimum absolute atomic E-state index is 0.0840. The third kappa shape index (κ3) is 4.11. The van der Waals surface area contributed by atoms with Crippen LogP contribution in [0.3, 0.4) is 0 Å². The number of pyridine rings is 1. The summed E-state index contributed by atoms with van der Waals surface area (Å²) >= 11 is 0. The molecule has 2 N–H and O–H groups in total. The van der Waals surface area contributed by atoms with E-state index in [0.29, 0.717) is 12.3 Å². The zero-order chi connectivity index (χ0) is 17.1. The van der Waals surface area contributed by atoms with Crippen molar-refractivity contribution < 1.29 is 9.53 Å². The van der Waals surface area contributed by atoms with Crippen LogP contribution in [-0.2, 0) is 11.2 Å². The van der Waals surface area contributed by atoms with Crippen molar-refractivity contribution in [1.29, 1.82) is 0 Å². The molecule has 7 nitrogen and oxygen atoms in total. The lowest BCUT2D eigenvalue weighted by Crippen LogP contribution is -2.39. The van der Waals surface area contributed by atoms with E-state index < -0.39 is 0 Å². The number of hydrogen-bond donors (Lipinski definition) is 2. The quantitative estimate of drug-likeness (QED) is 0.873. The van der Waals surface area contributed by atoms with Crippen LogP contribution < -0.4 is 10.6 Å². The summed E-state index contributed by atoms with van der Waals surface area (Å²) in [6.07, 6.45) is 10.9. The third-order valence-corrected chi connectivity index (χ3v) is 4.55. The molecule has 0 unspecified atom stereocenters. The molecule has 0 spiro atoms. The summed E-state index contributed by atoms with van der Waals surface area (Å²) in [4.78, 5) is 25.0. The van der Waals surface area contributed by atoms with Crippen LogP contribution in [0.15, 0.2) is 36.9 Å². The number of urea groups is 1. The fraction of sp³-hybridized carbons (Fsp3) is 0.444. The highest BCUT2D eigenvalue weighted by atomic mass is 16.5. The van der Waals surface area contributed by atoms with Gasteiger partial charge in [0.25, 0.3) is 0 Å². The van der Waals surface area contributed by atoms with Crippen LogP contribution in [0, 0.1) is 5.92 Å². The van der Waals surface area contributed by atoms with E-state index >= 15 is 0 Å². The van der Waals surface area contributed by atoms with Crippen molar-refractivity contribution in [2.75, 3.05) is 11.9 Å². The van der Waals surface area contributed by atoms with Crippen molar-refractivity contribution in [2.45, 2.75) is 37.8 Å². The van der Waals surface area contributed by atoms with Gasteiger partial charge in [0.1, 0.15) is 11.9 Å². The first kappa shape index (κ1) is 16.0. The largest absolute Gasteiger partial charge is 0.371 e. The van der Waals surface area contributed by atoms with E-state index in [-0.39, 0.29) is 18.2 Å². The van der Waals surface area contributed by atoms with Gasteiger partial charge < -0.3 is 15.4 Å². The van der Waals surface area contributed by atoms with E-state index in [1.807, 2.05) is 12.1 Å². The van der Waals surface area contributed by atoms with Crippen LogP contribution in [0.2, 0.25) is 0 Å². The highest BCUT2D eigenvalue weighted by Crippen LogP contribution is 2.31. The number of aromatic nitrogens is 3. The molecule has 1 aliphatic carbocycles. The highest BCUT2D eigenvalue weighted by Gasteiger charge is 2.31. The Morgan fingerprint density at radius 1 is 1.20 bits per heavy atom. The molecule has 1 saturated heterocycles. The average Bonchev–Trinajstić information content (AvgIpc) is 3.33. The van der Waals surface area contributed by atoms with Crippen LogP contribution in [0.25, 0.3) is 0 Å². The molecule has 1 saturated carbocycles. The van der Waals surface area contributed by atoms with Gasteiger partial charge in [-0.2, -0.15) is 0 Å². The summed E-state index contributed by atoms with van der Waals surface area (Å²) in [7, 11) is 0. The second kappa shape index (κ2) is 7.14. The molecule has 7 heteroatoms. The molecule has 0 aromatic carbocycles. The molecular weight excluding hydrogens is 318 g/mol. The van der Waals surface area contributed by atoms with E-state index in [4.69, 9.17) is 4.74 Å². The van der Waals surface area contributed by atoms with E-state index in [1.54, 1.807) is 24.8 Å². The summed E-state index contributed by atoms with van der Waals surface area (Å²) in [6.45, 7) is 0.615. The van der Waals surface area contributed by atoms with E-state index in [1.165, 1.54) is 12.8 Å². The smallest absolute Gasteiger partial charge is 0.319 e. The van der Waals surface area contributed by atoms with E-state index in [2.05, 4.69) is 25.6 Å². The third-order valence-electron chi connectivity index (χ3n) is 4.55. The van der Waals surface area contributed by atoms with Gasteiger partial charge in [-0.1, -0.05) is 6.07 Å². The van der Waals surface area contributed by atoms with Gasteiger partial charge in [-0.3, -0.25) is 4.98 Å². The molecule has 4 rings (SSSR count). The first-order chi connectivity index (χ1) is 12.3. The SMILES string of the molecule is O=C(Nc1cnc(CC2CC2)nc1)N[C@@H]1CCO[C@H]1c1cccnc1. The average molecular weight is 339 g/mol. The molecule has 2 fully saturated rings. The monoisotopic (exact) mass is 339 g/mol. The second-order valence-corrected chi connectivity index (χ2v) is 6.61. The summed E-state index contributed by atoms with van der Waals surface area (Å²) in [6, 6.07) is 3.47. The molecule has 2 aliphatic rings. The Hall–Kier alpha value is -2.54. The molecule has 2 aromatic heterocycles. The van der Waals surface area contributed by atoms with Gasteiger partial charge in [0.2, 0.25) is 0 Å². The van der Waals surface area contributed by atoms with Crippen molar-refractivity contribution >= 4 is 11.7 Å². The Kier molecular flexibility index (Phi) is 4.56. The zero-order valence-corrected chi connectivity index (χ0v) is 13.9. The number of carbonyl (C=O) groups excluding carboxylic acids is 1. The molecule has 25 heavy (non-hydrogen) atoms. The van der Waals surface area contributed by atoms with E-state index in [0.717, 1.165) is 30.1 Å². The topological polar surface area (TPSA) is 89.0 Å². The minimum atomic E-state index is -0.275. The summed E-state index contributed by atoms with van der Waals surface area (Å²) in [5.74, 6) is 1.59. The van der Waals surface area contributed by atoms with Crippen LogP contribution in [0.5, 0.6) is 0 Å². The van der Waals surface area contributed by atoms with Gasteiger partial charge in [-0.15, -0.1) is 0 Å². The Morgan fingerprint density at radius 2 is 2.04 bits per heavy atom. The lowest BCUT2D eigenvalue weighted by Gasteiger charge is -2.20. The predicted octanol–water partition coefficient (Wildman–Crippen LogP) is 2.48. The van der Waals surface area contributed by atoms with Gasteiger partial charge in [0, 0.05) is 31.0 Å². The zero-order valence-electron chi connectivity index (χ0n) is 13.9. The molecule has 0 bridgehead atoms. The van der Waals surface area contributed by atoms with Gasteiger partial charge in [0.15, 0.2) is 0 Å². The van der Waals surface area contributed by atoms with Gasteiger partial charge in [0.05, 0.1) is 24.1 Å². The molecule has 2 amide bonds. The number of carbonyl (C=O) groups is 1. The van der Waals surface area contributed by atoms with Gasteiger partial charge >= 0.3 is 6.03 Å². The molecule has 0 radical (unpaired) electrons. The standard InChI is InChI=1S/C18H21N5O2/c24-18(22-14-10-20-16(21-11-14)8-12-3-4-12)23-15-5-7-25-17(15)13-2-1-6-19-9-13/h1-2,6,9-12,15,17H,3-5,7-8H2,(H2,22,23,24)/t15-,17+/m1/s1. The Labute approximate surface area is 146 Å². The molecule has 130 valence electrons. The maximum atomic E-state index is 12.3. The Balaban J connectivity index is 1.33. The Morgan fingerprint density at radius 3 is 2.76 bits per heavy atom.